The van der Waals surface area contributed by atoms with Crippen molar-refractivity contribution in [2.24, 2.45) is 5.10 Å². The van der Waals surface area contributed by atoms with Crippen molar-refractivity contribution in [1.29, 1.82) is 0 Å². The van der Waals surface area contributed by atoms with Crippen molar-refractivity contribution >= 4 is 16.2 Å². The molecule has 0 radical (unpaired) electrons. The minimum atomic E-state index is -3.10. The summed E-state index contributed by atoms with van der Waals surface area (Å²) in [6.45, 7) is 2.65. The third kappa shape index (κ3) is 5.17. The third-order valence-corrected chi connectivity index (χ3v) is 4.11. The molecule has 0 bridgehead atoms. The minimum Gasteiger partial charge on any atom is -0.205 e. The zero-order chi connectivity index (χ0) is 12.6. The smallest absolute Gasteiger partial charge is 0.205 e. The van der Waals surface area contributed by atoms with Gasteiger partial charge in [0.2, 0.25) is 10.0 Å². The Morgan fingerprint density at radius 2 is 2.12 bits per heavy atom. The predicted molar refractivity (Wildman–Crippen MR) is 71.4 cm³/mol. The van der Waals surface area contributed by atoms with Crippen LogP contribution in [0.25, 0.3) is 0 Å². The summed E-state index contributed by atoms with van der Waals surface area (Å²) in [6.07, 6.45) is 13.3. The van der Waals surface area contributed by atoms with E-state index in [-0.39, 0.29) is 5.75 Å². The van der Waals surface area contributed by atoms with E-state index in [0.29, 0.717) is 13.0 Å². The van der Waals surface area contributed by atoms with Gasteiger partial charge in [0, 0.05) is 6.21 Å². The quantitative estimate of drug-likeness (QED) is 0.541. The molecule has 1 aliphatic heterocycles. The van der Waals surface area contributed by atoms with Crippen LogP contribution in [-0.2, 0) is 10.0 Å². The van der Waals surface area contributed by atoms with Gasteiger partial charge in [-0.3, -0.25) is 0 Å². The van der Waals surface area contributed by atoms with Crippen LogP contribution < -0.4 is 0 Å². The van der Waals surface area contributed by atoms with E-state index < -0.39 is 10.0 Å². The second kappa shape index (κ2) is 7.27. The molecular weight excluding hydrogens is 236 g/mol. The van der Waals surface area contributed by atoms with E-state index in [1.807, 2.05) is 6.08 Å². The van der Waals surface area contributed by atoms with Crippen LogP contribution in [0.1, 0.15) is 32.6 Å². The molecule has 0 aromatic carbocycles. The molecule has 1 heterocycles. The lowest BCUT2D eigenvalue weighted by Crippen LogP contribution is -2.19. The Kier molecular flexibility index (Phi) is 5.97. The molecule has 1 saturated heterocycles. The van der Waals surface area contributed by atoms with Crippen LogP contribution in [0.4, 0.5) is 0 Å². The van der Waals surface area contributed by atoms with E-state index in [1.54, 1.807) is 6.08 Å². The van der Waals surface area contributed by atoms with Crippen LogP contribution in [-0.4, -0.2) is 31.3 Å². The van der Waals surface area contributed by atoms with E-state index in [4.69, 9.17) is 0 Å². The molecular formula is C12H20N2O2S. The third-order valence-electron chi connectivity index (χ3n) is 2.38. The van der Waals surface area contributed by atoms with Gasteiger partial charge in [-0.1, -0.05) is 31.6 Å². The van der Waals surface area contributed by atoms with Gasteiger partial charge in [0.25, 0.3) is 0 Å². The first-order valence-corrected chi connectivity index (χ1v) is 7.62. The second-order valence-corrected chi connectivity index (χ2v) is 5.90. The van der Waals surface area contributed by atoms with Crippen LogP contribution in [0, 0.1) is 0 Å². The largest absolute Gasteiger partial charge is 0.249 e. The number of sulfonamides is 1. The number of hydrogen-bond donors (Lipinski definition) is 0. The number of hydrazone groups is 1. The topological polar surface area (TPSA) is 49.7 Å². The maximum atomic E-state index is 11.4. The molecule has 0 spiro atoms. The summed E-state index contributed by atoms with van der Waals surface area (Å²) >= 11 is 0. The molecule has 0 atom stereocenters. The fraction of sp³-hybridized carbons (Fsp3) is 0.583. The number of unbranched alkanes of at least 4 members (excludes halogenated alkanes) is 1. The van der Waals surface area contributed by atoms with Crippen LogP contribution >= 0.6 is 0 Å². The molecule has 4 nitrogen and oxygen atoms in total. The summed E-state index contributed by atoms with van der Waals surface area (Å²) in [5, 5.41) is 3.92. The van der Waals surface area contributed by atoms with E-state index in [9.17, 15) is 8.42 Å². The summed E-state index contributed by atoms with van der Waals surface area (Å²) < 4.78 is 23.9. The number of hydrogen-bond acceptors (Lipinski definition) is 3. The van der Waals surface area contributed by atoms with Gasteiger partial charge in [-0.25, -0.2) is 8.42 Å². The Morgan fingerprint density at radius 3 is 2.76 bits per heavy atom. The molecule has 17 heavy (non-hydrogen) atoms. The zero-order valence-electron chi connectivity index (χ0n) is 10.2. The summed E-state index contributed by atoms with van der Waals surface area (Å²) in [5.74, 6) is 0.216. The molecule has 0 unspecified atom stereocenters. The van der Waals surface area contributed by atoms with Crippen molar-refractivity contribution in [3.05, 3.63) is 24.3 Å². The number of rotatable bonds is 6. The lowest BCUT2D eigenvalue weighted by molar-refractivity contribution is 0.468. The molecule has 1 fully saturated rings. The highest BCUT2D eigenvalue weighted by atomic mass is 32.2. The Morgan fingerprint density at radius 1 is 1.29 bits per heavy atom. The van der Waals surface area contributed by atoms with Crippen molar-refractivity contribution in [1.82, 2.24) is 4.41 Å². The lowest BCUT2D eigenvalue weighted by Gasteiger charge is -2.07. The van der Waals surface area contributed by atoms with Gasteiger partial charge in [-0.2, -0.15) is 9.52 Å². The van der Waals surface area contributed by atoms with Gasteiger partial charge in [0.1, 0.15) is 0 Å². The van der Waals surface area contributed by atoms with Crippen molar-refractivity contribution < 1.29 is 8.42 Å². The predicted octanol–water partition coefficient (Wildman–Crippen LogP) is 2.31. The molecule has 0 N–H and O–H groups in total. The Hall–Kier alpha value is -1.10. The van der Waals surface area contributed by atoms with Gasteiger partial charge < -0.3 is 0 Å². The van der Waals surface area contributed by atoms with E-state index >= 15 is 0 Å². The molecule has 0 aliphatic carbocycles. The van der Waals surface area contributed by atoms with Crippen LogP contribution in [0.2, 0.25) is 0 Å². The average Bonchev–Trinajstić information content (AvgIpc) is 2.62. The Labute approximate surface area is 104 Å². The monoisotopic (exact) mass is 256 g/mol. The molecule has 0 aromatic heterocycles. The van der Waals surface area contributed by atoms with Crippen molar-refractivity contribution in [3.8, 4) is 0 Å². The number of allylic oxidation sites excluding steroid dienone is 4. The molecule has 1 rings (SSSR count). The molecule has 0 saturated carbocycles. The average molecular weight is 256 g/mol. The normalized spacial score (nSPS) is 20.2. The van der Waals surface area contributed by atoms with Crippen LogP contribution in [0.3, 0.4) is 0 Å². The van der Waals surface area contributed by atoms with Gasteiger partial charge in [-0.05, 0) is 25.3 Å². The fourth-order valence-corrected chi connectivity index (χ4v) is 2.78. The van der Waals surface area contributed by atoms with Gasteiger partial charge in [0.05, 0.1) is 12.3 Å². The molecule has 0 amide bonds. The standard InChI is InChI=1S/C12H20N2O2S/c1-2-3-4-5-6-7-8-10-13-14-11-9-12-17(14,15)16/h4-5,7-8,10H,2-3,6,9,11-12H2,1H3/b5-4+,8-7+,13-10+. The maximum absolute atomic E-state index is 11.4. The highest BCUT2D eigenvalue weighted by Crippen LogP contribution is 2.12. The molecule has 96 valence electrons. The first-order chi connectivity index (χ1) is 8.17. The van der Waals surface area contributed by atoms with Gasteiger partial charge in [-0.15, -0.1) is 0 Å². The van der Waals surface area contributed by atoms with Gasteiger partial charge in [0.15, 0.2) is 0 Å². The van der Waals surface area contributed by atoms with E-state index in [2.05, 4.69) is 24.2 Å². The first-order valence-electron chi connectivity index (χ1n) is 6.01. The molecule has 1 aliphatic rings. The van der Waals surface area contributed by atoms with E-state index in [1.165, 1.54) is 10.6 Å². The molecule has 5 heteroatoms. The highest BCUT2D eigenvalue weighted by molar-refractivity contribution is 7.89. The van der Waals surface area contributed by atoms with Crippen molar-refractivity contribution in [2.75, 3.05) is 12.3 Å². The summed E-state index contributed by atoms with van der Waals surface area (Å²) in [5.41, 5.74) is 0. The van der Waals surface area contributed by atoms with Gasteiger partial charge >= 0.3 is 0 Å². The van der Waals surface area contributed by atoms with Crippen molar-refractivity contribution in [2.45, 2.75) is 32.6 Å². The van der Waals surface area contributed by atoms with E-state index in [0.717, 1.165) is 19.3 Å². The fourth-order valence-electron chi connectivity index (χ4n) is 1.47. The van der Waals surface area contributed by atoms with Crippen LogP contribution in [0.15, 0.2) is 29.4 Å². The molecule has 0 aromatic rings. The summed E-state index contributed by atoms with van der Waals surface area (Å²) in [7, 11) is -3.10. The lowest BCUT2D eigenvalue weighted by atomic mass is 10.3. The van der Waals surface area contributed by atoms with Crippen LogP contribution in [0.5, 0.6) is 0 Å². The maximum Gasteiger partial charge on any atom is 0.249 e. The second-order valence-electron chi connectivity index (χ2n) is 3.90. The number of nitrogens with zero attached hydrogens (tertiary/aromatic N) is 2. The highest BCUT2D eigenvalue weighted by Gasteiger charge is 2.25. The first kappa shape index (κ1) is 14.0. The minimum absolute atomic E-state index is 0.216. The summed E-state index contributed by atoms with van der Waals surface area (Å²) in [4.78, 5) is 0. The Balaban J connectivity index is 2.28. The summed E-state index contributed by atoms with van der Waals surface area (Å²) in [6, 6.07) is 0. The Bertz CT molecular complexity index is 397. The SMILES string of the molecule is CCC/C=C/C/C=C/C=N/N1CCCS1(=O)=O. The van der Waals surface area contributed by atoms with Crippen molar-refractivity contribution in [3.63, 3.8) is 0 Å². The zero-order valence-corrected chi connectivity index (χ0v) is 11.1.